The van der Waals surface area contributed by atoms with Crippen LogP contribution in [-0.2, 0) is 13.0 Å². The van der Waals surface area contributed by atoms with Gasteiger partial charge in [0.2, 0.25) is 0 Å². The van der Waals surface area contributed by atoms with Crippen LogP contribution in [0.3, 0.4) is 0 Å². The third kappa shape index (κ3) is 2.98. The number of benzene rings is 1. The molecule has 0 fully saturated rings. The minimum Gasteiger partial charge on any atom is -0.384 e. The normalized spacial score (nSPS) is 10.8. The molecular weight excluding hydrogens is 234 g/mol. The zero-order valence-corrected chi connectivity index (χ0v) is 11.9. The van der Waals surface area contributed by atoms with E-state index >= 15 is 0 Å². The highest BCUT2D eigenvalue weighted by Gasteiger charge is 2.14. The SMILES string of the molecule is CCCCCc1nc(-c2ccccc2)n(CC)c1N. The van der Waals surface area contributed by atoms with Crippen LogP contribution < -0.4 is 5.73 Å². The van der Waals surface area contributed by atoms with Gasteiger partial charge in [-0.1, -0.05) is 50.1 Å². The van der Waals surface area contributed by atoms with Gasteiger partial charge in [-0.25, -0.2) is 4.98 Å². The van der Waals surface area contributed by atoms with E-state index in [0.29, 0.717) is 0 Å². The van der Waals surface area contributed by atoms with E-state index in [-0.39, 0.29) is 0 Å². The summed E-state index contributed by atoms with van der Waals surface area (Å²) in [4.78, 5) is 4.76. The lowest BCUT2D eigenvalue weighted by molar-refractivity contribution is 0.709. The summed E-state index contributed by atoms with van der Waals surface area (Å²) in [6.45, 7) is 5.18. The first-order valence-electron chi connectivity index (χ1n) is 7.18. The molecule has 1 heterocycles. The standard InChI is InChI=1S/C16H23N3/c1-3-5-7-12-14-15(17)19(4-2)16(18-14)13-10-8-6-9-11-13/h6,8-11H,3-5,7,12,17H2,1-2H3. The predicted octanol–water partition coefficient (Wildman–Crippen LogP) is 3.88. The number of rotatable bonds is 6. The van der Waals surface area contributed by atoms with Crippen molar-refractivity contribution < 1.29 is 0 Å². The number of nitrogen functional groups attached to an aromatic ring is 1. The Morgan fingerprint density at radius 3 is 2.47 bits per heavy atom. The molecule has 19 heavy (non-hydrogen) atoms. The lowest BCUT2D eigenvalue weighted by atomic mass is 10.1. The molecule has 0 spiro atoms. The Morgan fingerprint density at radius 2 is 1.84 bits per heavy atom. The molecule has 0 radical (unpaired) electrons. The second kappa shape index (κ2) is 6.41. The van der Waals surface area contributed by atoms with Crippen LogP contribution in [0.15, 0.2) is 30.3 Å². The summed E-state index contributed by atoms with van der Waals surface area (Å²) < 4.78 is 2.11. The van der Waals surface area contributed by atoms with Crippen molar-refractivity contribution in [3.05, 3.63) is 36.0 Å². The molecule has 0 atom stereocenters. The quantitative estimate of drug-likeness (QED) is 0.798. The molecular formula is C16H23N3. The molecule has 3 heteroatoms. The molecule has 0 unspecified atom stereocenters. The third-order valence-electron chi connectivity index (χ3n) is 3.45. The molecule has 1 aromatic heterocycles. The number of hydrogen-bond acceptors (Lipinski definition) is 2. The Balaban J connectivity index is 2.31. The molecule has 3 nitrogen and oxygen atoms in total. The molecule has 0 aliphatic heterocycles. The van der Waals surface area contributed by atoms with E-state index in [1.807, 2.05) is 18.2 Å². The second-order valence-electron chi connectivity index (χ2n) is 4.83. The maximum Gasteiger partial charge on any atom is 0.141 e. The number of nitrogens with zero attached hydrogens (tertiary/aromatic N) is 2. The first kappa shape index (κ1) is 13.7. The van der Waals surface area contributed by atoms with Crippen LogP contribution in [0, 0.1) is 0 Å². The fourth-order valence-corrected chi connectivity index (χ4v) is 2.37. The van der Waals surface area contributed by atoms with Gasteiger partial charge in [-0.05, 0) is 19.8 Å². The number of unbranched alkanes of at least 4 members (excludes halogenated alkanes) is 2. The van der Waals surface area contributed by atoms with Crippen LogP contribution in [0.2, 0.25) is 0 Å². The molecule has 1 aromatic carbocycles. The molecule has 2 N–H and O–H groups in total. The van der Waals surface area contributed by atoms with Crippen molar-refractivity contribution in [3.63, 3.8) is 0 Å². The number of imidazole rings is 1. The van der Waals surface area contributed by atoms with Gasteiger partial charge in [0, 0.05) is 12.1 Å². The minimum absolute atomic E-state index is 0.831. The average molecular weight is 257 g/mol. The number of aryl methyl sites for hydroxylation is 1. The maximum absolute atomic E-state index is 6.23. The van der Waals surface area contributed by atoms with Gasteiger partial charge in [0.1, 0.15) is 11.6 Å². The minimum atomic E-state index is 0.831. The van der Waals surface area contributed by atoms with Gasteiger partial charge in [0.15, 0.2) is 0 Å². The van der Waals surface area contributed by atoms with Crippen LogP contribution in [-0.4, -0.2) is 9.55 Å². The Kier molecular flexibility index (Phi) is 4.61. The van der Waals surface area contributed by atoms with E-state index in [4.69, 9.17) is 10.7 Å². The second-order valence-corrected chi connectivity index (χ2v) is 4.83. The molecule has 102 valence electrons. The van der Waals surface area contributed by atoms with Crippen molar-refractivity contribution >= 4 is 5.82 Å². The Bertz CT molecular complexity index is 514. The van der Waals surface area contributed by atoms with E-state index in [1.165, 1.54) is 12.8 Å². The van der Waals surface area contributed by atoms with E-state index in [0.717, 1.165) is 42.3 Å². The van der Waals surface area contributed by atoms with E-state index in [2.05, 4.69) is 30.5 Å². The highest BCUT2D eigenvalue weighted by molar-refractivity contribution is 5.60. The summed E-state index contributed by atoms with van der Waals surface area (Å²) in [5.74, 6) is 1.82. The maximum atomic E-state index is 6.23. The fraction of sp³-hybridized carbons (Fsp3) is 0.438. The largest absolute Gasteiger partial charge is 0.384 e. The number of nitrogens with two attached hydrogens (primary N) is 1. The van der Waals surface area contributed by atoms with Crippen molar-refractivity contribution in [3.8, 4) is 11.4 Å². The number of aromatic nitrogens is 2. The third-order valence-corrected chi connectivity index (χ3v) is 3.45. The van der Waals surface area contributed by atoms with Gasteiger partial charge in [0.05, 0.1) is 5.69 Å². The summed E-state index contributed by atoms with van der Waals surface area (Å²) >= 11 is 0. The first-order chi connectivity index (χ1) is 9.27. The smallest absolute Gasteiger partial charge is 0.141 e. The molecule has 0 bridgehead atoms. The molecule has 0 saturated heterocycles. The molecule has 2 aromatic rings. The first-order valence-corrected chi connectivity index (χ1v) is 7.18. The summed E-state index contributed by atoms with van der Waals surface area (Å²) in [6, 6.07) is 10.3. The molecule has 0 aliphatic carbocycles. The Labute approximate surface area is 115 Å². The molecule has 0 aliphatic rings. The van der Waals surface area contributed by atoms with Crippen LogP contribution >= 0.6 is 0 Å². The van der Waals surface area contributed by atoms with Crippen LogP contribution in [0.1, 0.15) is 38.8 Å². The highest BCUT2D eigenvalue weighted by Crippen LogP contribution is 2.25. The van der Waals surface area contributed by atoms with Crippen molar-refractivity contribution in [1.82, 2.24) is 9.55 Å². The van der Waals surface area contributed by atoms with Gasteiger partial charge < -0.3 is 10.3 Å². The lowest BCUT2D eigenvalue weighted by Crippen LogP contribution is -2.03. The van der Waals surface area contributed by atoms with Crippen LogP contribution in [0.4, 0.5) is 5.82 Å². The molecule has 2 rings (SSSR count). The zero-order valence-electron chi connectivity index (χ0n) is 11.9. The lowest BCUT2D eigenvalue weighted by Gasteiger charge is -2.06. The number of hydrogen-bond donors (Lipinski definition) is 1. The number of anilines is 1. The zero-order chi connectivity index (χ0) is 13.7. The van der Waals surface area contributed by atoms with Crippen LogP contribution in [0.5, 0.6) is 0 Å². The molecule has 0 saturated carbocycles. The predicted molar refractivity (Wildman–Crippen MR) is 81.0 cm³/mol. The Hall–Kier alpha value is -1.77. The van der Waals surface area contributed by atoms with Gasteiger partial charge in [-0.3, -0.25) is 0 Å². The van der Waals surface area contributed by atoms with Crippen molar-refractivity contribution in [2.24, 2.45) is 0 Å². The van der Waals surface area contributed by atoms with Crippen LogP contribution in [0.25, 0.3) is 11.4 Å². The topological polar surface area (TPSA) is 43.8 Å². The van der Waals surface area contributed by atoms with Crippen molar-refractivity contribution in [2.75, 3.05) is 5.73 Å². The van der Waals surface area contributed by atoms with Gasteiger partial charge in [-0.2, -0.15) is 0 Å². The average Bonchev–Trinajstić information content (AvgIpc) is 2.77. The van der Waals surface area contributed by atoms with E-state index in [9.17, 15) is 0 Å². The van der Waals surface area contributed by atoms with Gasteiger partial charge in [-0.15, -0.1) is 0 Å². The monoisotopic (exact) mass is 257 g/mol. The van der Waals surface area contributed by atoms with E-state index < -0.39 is 0 Å². The highest BCUT2D eigenvalue weighted by atomic mass is 15.1. The summed E-state index contributed by atoms with van der Waals surface area (Å²) in [6.07, 6.45) is 4.60. The fourth-order valence-electron chi connectivity index (χ4n) is 2.37. The summed E-state index contributed by atoms with van der Waals surface area (Å²) in [5, 5.41) is 0. The summed E-state index contributed by atoms with van der Waals surface area (Å²) in [7, 11) is 0. The molecule has 0 amide bonds. The summed E-state index contributed by atoms with van der Waals surface area (Å²) in [5.41, 5.74) is 8.42. The van der Waals surface area contributed by atoms with E-state index in [1.54, 1.807) is 0 Å². The van der Waals surface area contributed by atoms with Crippen molar-refractivity contribution in [2.45, 2.75) is 46.1 Å². The van der Waals surface area contributed by atoms with Gasteiger partial charge >= 0.3 is 0 Å². The Morgan fingerprint density at radius 1 is 1.11 bits per heavy atom. The van der Waals surface area contributed by atoms with Gasteiger partial charge in [0.25, 0.3) is 0 Å². The van der Waals surface area contributed by atoms with Crippen molar-refractivity contribution in [1.29, 1.82) is 0 Å².